The first-order valence-corrected chi connectivity index (χ1v) is 9.42. The lowest BCUT2D eigenvalue weighted by atomic mass is 9.95. The summed E-state index contributed by atoms with van der Waals surface area (Å²) < 4.78 is 27.9. The summed E-state index contributed by atoms with van der Waals surface area (Å²) in [6.07, 6.45) is 2.53. The van der Waals surface area contributed by atoms with Crippen LogP contribution in [0.1, 0.15) is 32.1 Å². The summed E-state index contributed by atoms with van der Waals surface area (Å²) in [5.41, 5.74) is -0.881. The maximum absolute atomic E-state index is 12.4. The molecule has 0 unspecified atom stereocenters. The van der Waals surface area contributed by atoms with Crippen molar-refractivity contribution < 1.29 is 18.3 Å². The van der Waals surface area contributed by atoms with Crippen molar-refractivity contribution in [1.82, 2.24) is 4.72 Å². The normalized spacial score (nSPS) is 18.3. The third-order valence-electron chi connectivity index (χ3n) is 3.29. The Hall–Kier alpha value is -0.150. The van der Waals surface area contributed by atoms with Crippen molar-refractivity contribution in [1.29, 1.82) is 0 Å². The molecule has 1 aliphatic rings. The molecule has 0 spiro atoms. The Morgan fingerprint density at radius 3 is 2.55 bits per heavy atom. The maximum Gasteiger partial charge on any atom is 0.305 e. The van der Waals surface area contributed by atoms with Gasteiger partial charge in [-0.15, -0.1) is 11.3 Å². The first-order valence-electron chi connectivity index (χ1n) is 5.95. The fourth-order valence-corrected chi connectivity index (χ4v) is 6.31. The molecule has 0 amide bonds. The summed E-state index contributed by atoms with van der Waals surface area (Å²) in [5.74, 6) is -1.00. The summed E-state index contributed by atoms with van der Waals surface area (Å²) in [5, 5.41) is 9.32. The van der Waals surface area contributed by atoms with Crippen LogP contribution < -0.4 is 4.72 Å². The number of carbonyl (C=O) groups is 1. The van der Waals surface area contributed by atoms with E-state index in [9.17, 15) is 13.2 Å². The van der Waals surface area contributed by atoms with Crippen LogP contribution in [-0.2, 0) is 14.8 Å². The summed E-state index contributed by atoms with van der Waals surface area (Å²) in [6.45, 7) is 0. The number of halogens is 2. The Morgan fingerprint density at radius 2 is 2.10 bits per heavy atom. The molecular formula is C11H13BrClNO4S2. The van der Waals surface area contributed by atoms with Gasteiger partial charge in [0.05, 0.1) is 15.2 Å². The molecule has 5 nitrogen and oxygen atoms in total. The molecule has 1 saturated carbocycles. The predicted octanol–water partition coefficient (Wildman–Crippen LogP) is 3.23. The van der Waals surface area contributed by atoms with Crippen molar-refractivity contribution in [2.75, 3.05) is 0 Å². The van der Waals surface area contributed by atoms with Crippen LogP contribution in [0.25, 0.3) is 0 Å². The van der Waals surface area contributed by atoms with Crippen LogP contribution in [0, 0.1) is 0 Å². The average Bonchev–Trinajstić information content (AvgIpc) is 2.86. The second-order valence-corrected chi connectivity index (χ2v) is 9.54. The highest BCUT2D eigenvalue weighted by molar-refractivity contribution is 9.11. The van der Waals surface area contributed by atoms with Gasteiger partial charge in [-0.25, -0.2) is 13.1 Å². The SMILES string of the molecule is O=C(O)CC1(NS(=O)(=O)c2cc(Cl)c(Br)s2)CCCC1. The summed E-state index contributed by atoms with van der Waals surface area (Å²) in [7, 11) is -3.76. The molecule has 1 fully saturated rings. The van der Waals surface area contributed by atoms with E-state index < -0.39 is 21.5 Å². The lowest BCUT2D eigenvalue weighted by Gasteiger charge is -2.27. The van der Waals surface area contributed by atoms with Crippen LogP contribution in [0.4, 0.5) is 0 Å². The van der Waals surface area contributed by atoms with Gasteiger partial charge in [0.1, 0.15) is 4.21 Å². The van der Waals surface area contributed by atoms with Gasteiger partial charge in [0.15, 0.2) is 0 Å². The Morgan fingerprint density at radius 1 is 1.50 bits per heavy atom. The summed E-state index contributed by atoms with van der Waals surface area (Å²) >= 11 is 10.0. The van der Waals surface area contributed by atoms with Gasteiger partial charge in [-0.3, -0.25) is 4.79 Å². The zero-order chi connectivity index (χ0) is 15.0. The van der Waals surface area contributed by atoms with E-state index in [1.165, 1.54) is 6.07 Å². The zero-order valence-electron chi connectivity index (χ0n) is 10.4. The smallest absolute Gasteiger partial charge is 0.305 e. The van der Waals surface area contributed by atoms with E-state index in [4.69, 9.17) is 16.7 Å². The number of hydrogen-bond acceptors (Lipinski definition) is 4. The van der Waals surface area contributed by atoms with Gasteiger partial charge in [0, 0.05) is 5.54 Å². The number of hydrogen-bond donors (Lipinski definition) is 2. The second kappa shape index (κ2) is 5.92. The van der Waals surface area contributed by atoms with E-state index in [0.29, 0.717) is 21.7 Å². The van der Waals surface area contributed by atoms with Crippen LogP contribution in [0.5, 0.6) is 0 Å². The highest BCUT2D eigenvalue weighted by Gasteiger charge is 2.40. The summed E-state index contributed by atoms with van der Waals surface area (Å²) in [6, 6.07) is 1.36. The third-order valence-corrected chi connectivity index (χ3v) is 7.82. The standard InChI is InChI=1S/C11H13BrClNO4S2/c12-10-7(13)5-9(19-10)20(17,18)14-11(6-8(15)16)3-1-2-4-11/h5,14H,1-4,6H2,(H,15,16). The third kappa shape index (κ3) is 3.54. The largest absolute Gasteiger partial charge is 0.481 e. The van der Waals surface area contributed by atoms with Gasteiger partial charge >= 0.3 is 5.97 Å². The van der Waals surface area contributed by atoms with Gasteiger partial charge in [0.25, 0.3) is 10.0 Å². The van der Waals surface area contributed by atoms with Crippen molar-refractivity contribution in [3.63, 3.8) is 0 Å². The number of thiophene rings is 1. The van der Waals surface area contributed by atoms with Gasteiger partial charge in [-0.05, 0) is 34.8 Å². The molecule has 1 aromatic heterocycles. The molecule has 2 N–H and O–H groups in total. The van der Waals surface area contributed by atoms with Crippen molar-refractivity contribution in [2.24, 2.45) is 0 Å². The first kappa shape index (κ1) is 16.2. The van der Waals surface area contributed by atoms with E-state index in [1.807, 2.05) is 0 Å². The molecule has 0 aromatic carbocycles. The van der Waals surface area contributed by atoms with Gasteiger partial charge < -0.3 is 5.11 Å². The molecule has 1 aromatic rings. The number of carboxylic acid groups (broad SMARTS) is 1. The Labute approximate surface area is 134 Å². The molecule has 0 bridgehead atoms. The van der Waals surface area contributed by atoms with Crippen molar-refractivity contribution in [3.05, 3.63) is 14.9 Å². The van der Waals surface area contributed by atoms with Crippen LogP contribution in [0.3, 0.4) is 0 Å². The molecule has 0 aliphatic heterocycles. The number of aliphatic carboxylic acids is 1. The highest BCUT2D eigenvalue weighted by Crippen LogP contribution is 2.38. The zero-order valence-corrected chi connectivity index (χ0v) is 14.3. The fraction of sp³-hybridized carbons (Fsp3) is 0.545. The van der Waals surface area contributed by atoms with Crippen molar-refractivity contribution >= 4 is 54.9 Å². The van der Waals surface area contributed by atoms with E-state index >= 15 is 0 Å². The lowest BCUT2D eigenvalue weighted by molar-refractivity contribution is -0.138. The Bertz CT molecular complexity index is 603. The second-order valence-electron chi connectivity index (χ2n) is 4.85. The highest BCUT2D eigenvalue weighted by atomic mass is 79.9. The minimum atomic E-state index is -3.76. The number of carboxylic acids is 1. The molecular weight excluding hydrogens is 390 g/mol. The molecule has 0 saturated heterocycles. The molecule has 112 valence electrons. The maximum atomic E-state index is 12.4. The van der Waals surface area contributed by atoms with E-state index in [0.717, 1.165) is 24.2 Å². The molecule has 2 rings (SSSR count). The monoisotopic (exact) mass is 401 g/mol. The van der Waals surface area contributed by atoms with Crippen molar-refractivity contribution in [2.45, 2.75) is 41.9 Å². The van der Waals surface area contributed by atoms with Crippen molar-refractivity contribution in [3.8, 4) is 0 Å². The molecule has 9 heteroatoms. The molecule has 20 heavy (non-hydrogen) atoms. The number of sulfonamides is 1. The van der Waals surface area contributed by atoms with Crippen LogP contribution >= 0.6 is 38.9 Å². The average molecular weight is 403 g/mol. The minimum Gasteiger partial charge on any atom is -0.481 e. The fourth-order valence-electron chi connectivity index (χ4n) is 2.45. The van der Waals surface area contributed by atoms with E-state index in [1.54, 1.807) is 0 Å². The van der Waals surface area contributed by atoms with E-state index in [2.05, 4.69) is 20.7 Å². The quantitative estimate of drug-likeness (QED) is 0.792. The van der Waals surface area contributed by atoms with Gasteiger partial charge in [0.2, 0.25) is 0 Å². The minimum absolute atomic E-state index is 0.0889. The molecule has 1 aliphatic carbocycles. The number of nitrogens with one attached hydrogen (secondary N) is 1. The van der Waals surface area contributed by atoms with Crippen LogP contribution in [0.2, 0.25) is 5.02 Å². The number of rotatable bonds is 5. The molecule has 0 atom stereocenters. The predicted molar refractivity (Wildman–Crippen MR) is 80.8 cm³/mol. The van der Waals surface area contributed by atoms with Crippen LogP contribution in [0.15, 0.2) is 14.1 Å². The molecule has 0 radical (unpaired) electrons. The first-order chi connectivity index (χ1) is 9.24. The summed E-state index contributed by atoms with van der Waals surface area (Å²) in [4.78, 5) is 11.0. The van der Waals surface area contributed by atoms with Gasteiger partial charge in [-0.1, -0.05) is 24.4 Å². The Kier molecular flexibility index (Phi) is 4.80. The van der Waals surface area contributed by atoms with Crippen LogP contribution in [-0.4, -0.2) is 25.0 Å². The molecule has 1 heterocycles. The van der Waals surface area contributed by atoms with Gasteiger partial charge in [-0.2, -0.15) is 0 Å². The Balaban J connectivity index is 2.27. The van der Waals surface area contributed by atoms with E-state index in [-0.39, 0.29) is 10.6 Å². The lowest BCUT2D eigenvalue weighted by Crippen LogP contribution is -2.47. The topological polar surface area (TPSA) is 83.5 Å².